The number of hydrogen-bond acceptors (Lipinski definition) is 6. The van der Waals surface area contributed by atoms with Gasteiger partial charge in [0.05, 0.1) is 12.9 Å². The SMILES string of the molecule is COc1ccccc1OC(C)c1nnc(SCC(=O)Nc2ccccc2)n1-c1ccccc1. The second kappa shape index (κ2) is 10.7. The molecule has 168 valence electrons. The average Bonchev–Trinajstić information content (AvgIpc) is 3.28. The minimum absolute atomic E-state index is 0.117. The van der Waals surface area contributed by atoms with Crippen LogP contribution in [0.25, 0.3) is 5.69 Å². The Balaban J connectivity index is 1.56. The zero-order chi connectivity index (χ0) is 23.0. The Labute approximate surface area is 196 Å². The fourth-order valence-electron chi connectivity index (χ4n) is 3.27. The second-order valence-corrected chi connectivity index (χ2v) is 8.07. The number of anilines is 1. The summed E-state index contributed by atoms with van der Waals surface area (Å²) in [5.74, 6) is 1.96. The van der Waals surface area contributed by atoms with E-state index in [0.29, 0.717) is 22.5 Å². The van der Waals surface area contributed by atoms with Crippen LogP contribution >= 0.6 is 11.8 Å². The van der Waals surface area contributed by atoms with Crippen molar-refractivity contribution in [3.8, 4) is 17.2 Å². The van der Waals surface area contributed by atoms with Crippen molar-refractivity contribution in [2.24, 2.45) is 0 Å². The number of methoxy groups -OCH3 is 1. The number of ether oxygens (including phenoxy) is 2. The lowest BCUT2D eigenvalue weighted by Crippen LogP contribution is -2.15. The van der Waals surface area contributed by atoms with E-state index < -0.39 is 6.10 Å². The first-order valence-electron chi connectivity index (χ1n) is 10.4. The predicted molar refractivity (Wildman–Crippen MR) is 129 cm³/mol. The minimum atomic E-state index is -0.415. The number of thioether (sulfide) groups is 1. The number of rotatable bonds is 9. The zero-order valence-electron chi connectivity index (χ0n) is 18.3. The van der Waals surface area contributed by atoms with Gasteiger partial charge in [-0.2, -0.15) is 0 Å². The molecule has 0 bridgehead atoms. The third-order valence-corrected chi connectivity index (χ3v) is 5.73. The van der Waals surface area contributed by atoms with Gasteiger partial charge < -0.3 is 14.8 Å². The van der Waals surface area contributed by atoms with E-state index in [1.807, 2.05) is 96.4 Å². The smallest absolute Gasteiger partial charge is 0.234 e. The maximum Gasteiger partial charge on any atom is 0.234 e. The molecule has 8 heteroatoms. The summed E-state index contributed by atoms with van der Waals surface area (Å²) in [6, 6.07) is 26.6. The molecule has 0 saturated carbocycles. The van der Waals surface area contributed by atoms with Gasteiger partial charge in [0.25, 0.3) is 0 Å². The summed E-state index contributed by atoms with van der Waals surface area (Å²) in [6.07, 6.45) is -0.415. The van der Waals surface area contributed by atoms with Gasteiger partial charge in [-0.15, -0.1) is 10.2 Å². The lowest BCUT2D eigenvalue weighted by Gasteiger charge is -2.18. The fourth-order valence-corrected chi connectivity index (χ4v) is 4.02. The number of nitrogens with one attached hydrogen (secondary N) is 1. The molecule has 0 fully saturated rings. The minimum Gasteiger partial charge on any atom is -0.493 e. The van der Waals surface area contributed by atoms with Gasteiger partial charge in [0, 0.05) is 11.4 Å². The number of nitrogens with zero attached hydrogens (tertiary/aromatic N) is 3. The molecule has 1 N–H and O–H groups in total. The molecule has 3 aromatic carbocycles. The summed E-state index contributed by atoms with van der Waals surface area (Å²) in [5, 5.41) is 12.3. The van der Waals surface area contributed by atoms with Gasteiger partial charge in [0.1, 0.15) is 0 Å². The van der Waals surface area contributed by atoms with Gasteiger partial charge in [-0.1, -0.05) is 60.3 Å². The maximum atomic E-state index is 12.5. The molecule has 0 aliphatic carbocycles. The molecule has 33 heavy (non-hydrogen) atoms. The molecule has 1 heterocycles. The Morgan fingerprint density at radius 3 is 2.27 bits per heavy atom. The van der Waals surface area contributed by atoms with Crippen LogP contribution in [0.15, 0.2) is 90.1 Å². The molecule has 4 rings (SSSR count). The lowest BCUT2D eigenvalue weighted by molar-refractivity contribution is -0.113. The van der Waals surface area contributed by atoms with E-state index in [1.54, 1.807) is 7.11 Å². The Bertz CT molecular complexity index is 1200. The number of hydrogen-bond donors (Lipinski definition) is 1. The predicted octanol–water partition coefficient (Wildman–Crippen LogP) is 5.15. The number of carbonyl (C=O) groups is 1. The van der Waals surface area contributed by atoms with Gasteiger partial charge in [-0.05, 0) is 43.3 Å². The van der Waals surface area contributed by atoms with Crippen molar-refractivity contribution in [2.45, 2.75) is 18.2 Å². The number of para-hydroxylation sites is 4. The topological polar surface area (TPSA) is 78.3 Å². The van der Waals surface area contributed by atoms with Crippen molar-refractivity contribution < 1.29 is 14.3 Å². The molecule has 0 saturated heterocycles. The highest BCUT2D eigenvalue weighted by Crippen LogP contribution is 2.32. The molecule has 1 atom stereocenters. The van der Waals surface area contributed by atoms with Crippen molar-refractivity contribution in [1.29, 1.82) is 0 Å². The molecule has 0 spiro atoms. The van der Waals surface area contributed by atoms with Crippen LogP contribution in [0, 0.1) is 0 Å². The Morgan fingerprint density at radius 1 is 0.939 bits per heavy atom. The molecule has 1 unspecified atom stereocenters. The third kappa shape index (κ3) is 5.53. The fraction of sp³-hybridized carbons (Fsp3) is 0.160. The van der Waals surface area contributed by atoms with Gasteiger partial charge in [-0.25, -0.2) is 0 Å². The molecule has 0 aliphatic heterocycles. The highest BCUT2D eigenvalue weighted by atomic mass is 32.2. The van der Waals surface area contributed by atoms with Gasteiger partial charge in [0.2, 0.25) is 5.91 Å². The average molecular weight is 461 g/mol. The summed E-state index contributed by atoms with van der Waals surface area (Å²) in [7, 11) is 1.61. The van der Waals surface area contributed by atoms with Crippen molar-refractivity contribution in [3.05, 3.63) is 90.8 Å². The zero-order valence-corrected chi connectivity index (χ0v) is 19.2. The normalized spacial score (nSPS) is 11.6. The van der Waals surface area contributed by atoms with Crippen LogP contribution in [0.3, 0.4) is 0 Å². The van der Waals surface area contributed by atoms with E-state index >= 15 is 0 Å². The summed E-state index contributed by atoms with van der Waals surface area (Å²) >= 11 is 1.32. The molecular formula is C25H24N4O3S. The monoisotopic (exact) mass is 460 g/mol. The van der Waals surface area contributed by atoms with E-state index in [2.05, 4.69) is 15.5 Å². The van der Waals surface area contributed by atoms with Crippen LogP contribution in [0.1, 0.15) is 18.9 Å². The van der Waals surface area contributed by atoms with Gasteiger partial charge in [0.15, 0.2) is 28.6 Å². The largest absolute Gasteiger partial charge is 0.493 e. The number of amides is 1. The highest BCUT2D eigenvalue weighted by molar-refractivity contribution is 7.99. The van der Waals surface area contributed by atoms with Crippen molar-refractivity contribution >= 4 is 23.4 Å². The molecule has 4 aromatic rings. The molecular weight excluding hydrogens is 436 g/mol. The Kier molecular flexibility index (Phi) is 7.26. The van der Waals surface area contributed by atoms with Crippen molar-refractivity contribution in [2.75, 3.05) is 18.2 Å². The van der Waals surface area contributed by atoms with Crippen LogP contribution in [-0.2, 0) is 4.79 Å². The number of benzene rings is 3. The van der Waals surface area contributed by atoms with Gasteiger partial charge in [-0.3, -0.25) is 9.36 Å². The second-order valence-electron chi connectivity index (χ2n) is 7.13. The first-order chi connectivity index (χ1) is 16.2. The van der Waals surface area contributed by atoms with E-state index in [4.69, 9.17) is 9.47 Å². The van der Waals surface area contributed by atoms with Crippen LogP contribution in [-0.4, -0.2) is 33.5 Å². The quantitative estimate of drug-likeness (QED) is 0.348. The van der Waals surface area contributed by atoms with Crippen LogP contribution < -0.4 is 14.8 Å². The van der Waals surface area contributed by atoms with Crippen LogP contribution in [0.2, 0.25) is 0 Å². The van der Waals surface area contributed by atoms with Gasteiger partial charge >= 0.3 is 0 Å². The van der Waals surface area contributed by atoms with Crippen LogP contribution in [0.4, 0.5) is 5.69 Å². The molecule has 0 radical (unpaired) electrons. The lowest BCUT2D eigenvalue weighted by atomic mass is 10.3. The first kappa shape index (κ1) is 22.4. The van der Waals surface area contributed by atoms with E-state index in [1.165, 1.54) is 11.8 Å². The number of carbonyl (C=O) groups excluding carboxylic acids is 1. The van der Waals surface area contributed by atoms with Crippen LogP contribution in [0.5, 0.6) is 11.5 Å². The summed E-state index contributed by atoms with van der Waals surface area (Å²) < 4.78 is 13.5. The maximum absolute atomic E-state index is 12.5. The Hall–Kier alpha value is -3.78. The molecule has 7 nitrogen and oxygen atoms in total. The highest BCUT2D eigenvalue weighted by Gasteiger charge is 2.22. The van der Waals surface area contributed by atoms with Crippen molar-refractivity contribution in [3.63, 3.8) is 0 Å². The molecule has 0 aliphatic rings. The number of aromatic nitrogens is 3. The van der Waals surface area contributed by atoms with E-state index in [-0.39, 0.29) is 11.7 Å². The molecule has 1 amide bonds. The molecule has 1 aromatic heterocycles. The summed E-state index contributed by atoms with van der Waals surface area (Å²) in [5.41, 5.74) is 1.64. The first-order valence-corrected chi connectivity index (χ1v) is 11.4. The van der Waals surface area contributed by atoms with Crippen molar-refractivity contribution in [1.82, 2.24) is 14.8 Å². The van der Waals surface area contributed by atoms with E-state index in [9.17, 15) is 4.79 Å². The summed E-state index contributed by atoms with van der Waals surface area (Å²) in [4.78, 5) is 12.5. The third-order valence-electron chi connectivity index (χ3n) is 4.80. The standard InChI is InChI=1S/C25H24N4O3S/c1-18(32-22-16-10-9-15-21(22)31-2)24-27-28-25(29(24)20-13-7-4-8-14-20)33-17-23(30)26-19-11-5-3-6-12-19/h3-16,18H,17H2,1-2H3,(H,26,30). The van der Waals surface area contributed by atoms with E-state index in [0.717, 1.165) is 11.4 Å². The Morgan fingerprint density at radius 2 is 1.58 bits per heavy atom. The summed E-state index contributed by atoms with van der Waals surface area (Å²) in [6.45, 7) is 1.91.